The molecule has 0 aliphatic carbocycles. The topological polar surface area (TPSA) is 66.4 Å². The molecule has 0 fully saturated rings. The molecule has 1 unspecified atom stereocenters. The van der Waals surface area contributed by atoms with Gasteiger partial charge in [0.2, 0.25) is 0 Å². The molecule has 0 N–H and O–H groups in total. The molecule has 0 radical (unpaired) electrons. The van der Waals surface area contributed by atoms with Crippen molar-refractivity contribution in [3.05, 3.63) is 29.3 Å². The summed E-state index contributed by atoms with van der Waals surface area (Å²) in [4.78, 5) is 0. The molecule has 1 aromatic rings. The van der Waals surface area contributed by atoms with Gasteiger partial charge in [0.25, 0.3) is 0 Å². The molecule has 1 rings (SSSR count). The van der Waals surface area contributed by atoms with Crippen LogP contribution in [0, 0.1) is 0 Å². The van der Waals surface area contributed by atoms with Crippen molar-refractivity contribution >= 4 is 10.1 Å². The predicted octanol–water partition coefficient (Wildman–Crippen LogP) is 4.20. The standard InChI is InChI=1S/C26H46O4S.Na/c1-4-6-8-10-12-14-16-24-18-19-26(30-21-20-23(3)31(27,28)29)22-25(24)17-15-13-11-9-7-5-2;/h18-19,22-23H,4-17,20-21H2,1-3H3,(H,27,28,29);/q;+1/p-1. The Morgan fingerprint density at radius 3 is 1.84 bits per heavy atom. The first-order chi connectivity index (χ1) is 14.9. The first-order valence-corrected chi connectivity index (χ1v) is 14.0. The molecule has 0 bridgehead atoms. The van der Waals surface area contributed by atoms with Crippen LogP contribution < -0.4 is 34.3 Å². The number of aryl methyl sites for hydroxylation is 2. The smallest absolute Gasteiger partial charge is 0.748 e. The van der Waals surface area contributed by atoms with E-state index in [9.17, 15) is 13.0 Å². The summed E-state index contributed by atoms with van der Waals surface area (Å²) in [5.74, 6) is 0.781. The molecule has 0 spiro atoms. The number of rotatable bonds is 19. The van der Waals surface area contributed by atoms with E-state index < -0.39 is 15.4 Å². The maximum absolute atomic E-state index is 11.1. The Morgan fingerprint density at radius 2 is 1.31 bits per heavy atom. The molecule has 0 amide bonds. The third-order valence-corrected chi connectivity index (χ3v) is 7.28. The summed E-state index contributed by atoms with van der Waals surface area (Å²) in [6.07, 6.45) is 17.9. The number of benzene rings is 1. The van der Waals surface area contributed by atoms with Crippen LogP contribution in [-0.4, -0.2) is 24.8 Å². The monoisotopic (exact) mass is 476 g/mol. The van der Waals surface area contributed by atoms with Crippen molar-refractivity contribution in [2.45, 2.75) is 122 Å². The molecule has 0 aliphatic heterocycles. The van der Waals surface area contributed by atoms with Crippen LogP contribution in [0.4, 0.5) is 0 Å². The summed E-state index contributed by atoms with van der Waals surface area (Å²) in [5.41, 5.74) is 2.79. The molecule has 180 valence electrons. The van der Waals surface area contributed by atoms with Gasteiger partial charge in [-0.1, -0.05) is 84.1 Å². The van der Waals surface area contributed by atoms with E-state index in [1.54, 1.807) is 0 Å². The van der Waals surface area contributed by atoms with Crippen molar-refractivity contribution in [2.75, 3.05) is 6.61 Å². The van der Waals surface area contributed by atoms with Crippen molar-refractivity contribution in [2.24, 2.45) is 0 Å². The van der Waals surface area contributed by atoms with Crippen molar-refractivity contribution < 1.29 is 47.3 Å². The Bertz CT molecular complexity index is 691. The Labute approximate surface area is 220 Å². The van der Waals surface area contributed by atoms with Gasteiger partial charge < -0.3 is 9.29 Å². The van der Waals surface area contributed by atoms with Crippen molar-refractivity contribution in [3.8, 4) is 5.75 Å². The van der Waals surface area contributed by atoms with Gasteiger partial charge in [-0.05, 0) is 62.3 Å². The summed E-state index contributed by atoms with van der Waals surface area (Å²) in [7, 11) is -4.24. The van der Waals surface area contributed by atoms with Crippen LogP contribution in [-0.2, 0) is 23.0 Å². The normalized spacial score (nSPS) is 12.4. The number of hydrogen-bond donors (Lipinski definition) is 0. The third kappa shape index (κ3) is 15.0. The van der Waals surface area contributed by atoms with E-state index in [1.165, 1.54) is 95.1 Å². The molecule has 0 saturated heterocycles. The van der Waals surface area contributed by atoms with Crippen LogP contribution in [0.15, 0.2) is 18.2 Å². The summed E-state index contributed by atoms with van der Waals surface area (Å²) < 4.78 is 39.0. The van der Waals surface area contributed by atoms with Crippen LogP contribution in [0.2, 0.25) is 0 Å². The third-order valence-electron chi connectivity index (χ3n) is 6.06. The largest absolute Gasteiger partial charge is 1.00 e. The molecule has 4 nitrogen and oxygen atoms in total. The van der Waals surface area contributed by atoms with E-state index in [-0.39, 0.29) is 42.6 Å². The summed E-state index contributed by atoms with van der Waals surface area (Å²) in [6, 6.07) is 6.31. The zero-order chi connectivity index (χ0) is 23.0. The molecule has 0 aliphatic rings. The number of ether oxygens (including phenoxy) is 1. The fourth-order valence-electron chi connectivity index (χ4n) is 3.85. The van der Waals surface area contributed by atoms with Crippen molar-refractivity contribution in [1.82, 2.24) is 0 Å². The van der Waals surface area contributed by atoms with Gasteiger partial charge in [0.1, 0.15) is 5.75 Å². The Hall–Kier alpha value is -0.0700. The zero-order valence-corrected chi connectivity index (χ0v) is 24.0. The van der Waals surface area contributed by atoms with Crippen LogP contribution in [0.25, 0.3) is 0 Å². The van der Waals surface area contributed by atoms with E-state index >= 15 is 0 Å². The van der Waals surface area contributed by atoms with Gasteiger partial charge in [0.05, 0.1) is 16.7 Å². The fourth-order valence-corrected chi connectivity index (χ4v) is 4.23. The van der Waals surface area contributed by atoms with Gasteiger partial charge in [0.15, 0.2) is 0 Å². The minimum absolute atomic E-state index is 0. The van der Waals surface area contributed by atoms with E-state index in [4.69, 9.17) is 4.74 Å². The van der Waals surface area contributed by atoms with Crippen LogP contribution in [0.3, 0.4) is 0 Å². The second-order valence-electron chi connectivity index (χ2n) is 8.91. The minimum atomic E-state index is -4.24. The second-order valence-corrected chi connectivity index (χ2v) is 10.7. The molecular weight excluding hydrogens is 431 g/mol. The molecule has 1 aromatic carbocycles. The van der Waals surface area contributed by atoms with Crippen LogP contribution >= 0.6 is 0 Å². The Kier molecular flexibility index (Phi) is 19.2. The van der Waals surface area contributed by atoms with E-state index in [1.807, 2.05) is 6.07 Å². The summed E-state index contributed by atoms with van der Waals surface area (Å²) in [5, 5.41) is -0.915. The van der Waals surface area contributed by atoms with Gasteiger partial charge in [-0.2, -0.15) is 0 Å². The van der Waals surface area contributed by atoms with E-state index in [2.05, 4.69) is 26.0 Å². The fraction of sp³-hybridized carbons (Fsp3) is 0.769. The van der Waals surface area contributed by atoms with Gasteiger partial charge in [-0.25, -0.2) is 8.42 Å². The molecule has 6 heteroatoms. The maximum atomic E-state index is 11.1. The SMILES string of the molecule is CCCCCCCCc1ccc(OCCC(C)S(=O)(=O)[O-])cc1CCCCCCCC.[Na+]. The number of hydrogen-bond acceptors (Lipinski definition) is 4. The maximum Gasteiger partial charge on any atom is 1.00 e. The summed E-state index contributed by atoms with van der Waals surface area (Å²) >= 11 is 0. The first kappa shape index (κ1) is 31.9. The quantitative estimate of drug-likeness (QED) is 0.171. The molecule has 0 aromatic heterocycles. The molecule has 32 heavy (non-hydrogen) atoms. The average molecular weight is 477 g/mol. The molecule has 0 heterocycles. The zero-order valence-electron chi connectivity index (χ0n) is 21.2. The Balaban J connectivity index is 0.00000961. The van der Waals surface area contributed by atoms with Crippen molar-refractivity contribution in [1.29, 1.82) is 0 Å². The predicted molar refractivity (Wildman–Crippen MR) is 130 cm³/mol. The molecule has 0 saturated carbocycles. The second kappa shape index (κ2) is 19.3. The van der Waals surface area contributed by atoms with Gasteiger partial charge in [-0.3, -0.25) is 0 Å². The van der Waals surface area contributed by atoms with E-state index in [0.717, 1.165) is 18.6 Å². The molecular formula is C26H45NaO4S. The molecule has 1 atom stereocenters. The van der Waals surface area contributed by atoms with Gasteiger partial charge >= 0.3 is 29.6 Å². The van der Waals surface area contributed by atoms with Gasteiger partial charge in [0, 0.05) is 5.25 Å². The van der Waals surface area contributed by atoms with Crippen LogP contribution in [0.1, 0.15) is 115 Å². The minimum Gasteiger partial charge on any atom is -0.748 e. The number of unbranched alkanes of at least 4 members (excludes halogenated alkanes) is 10. The van der Waals surface area contributed by atoms with Gasteiger partial charge in [-0.15, -0.1) is 0 Å². The average Bonchev–Trinajstić information content (AvgIpc) is 2.73. The van der Waals surface area contributed by atoms with Crippen LogP contribution in [0.5, 0.6) is 5.75 Å². The first-order valence-electron chi connectivity index (χ1n) is 12.6. The Morgan fingerprint density at radius 1 is 0.812 bits per heavy atom. The van der Waals surface area contributed by atoms with E-state index in [0.29, 0.717) is 0 Å². The summed E-state index contributed by atoms with van der Waals surface area (Å²) in [6.45, 7) is 6.18. The van der Waals surface area contributed by atoms with Crippen molar-refractivity contribution in [3.63, 3.8) is 0 Å².